The van der Waals surface area contributed by atoms with E-state index in [-0.39, 0.29) is 6.10 Å². The summed E-state index contributed by atoms with van der Waals surface area (Å²) in [5.41, 5.74) is 0. The molecule has 2 rings (SSSR count). The number of hydrogen-bond acceptors (Lipinski definition) is 3. The van der Waals surface area contributed by atoms with Crippen LogP contribution in [0.25, 0.3) is 0 Å². The lowest BCUT2D eigenvalue weighted by Gasteiger charge is -2.14. The summed E-state index contributed by atoms with van der Waals surface area (Å²) >= 11 is 11.1. The van der Waals surface area contributed by atoms with E-state index in [2.05, 4.69) is 10.2 Å². The summed E-state index contributed by atoms with van der Waals surface area (Å²) in [5, 5.41) is 7.42. The van der Waals surface area contributed by atoms with Gasteiger partial charge < -0.3 is 9.30 Å². The van der Waals surface area contributed by atoms with Crippen LogP contribution in [0.4, 0.5) is 0 Å². The Morgan fingerprint density at radius 2 is 2.18 bits per heavy atom. The Labute approximate surface area is 109 Å². The van der Waals surface area contributed by atoms with Gasteiger partial charge in [-0.15, -0.1) is 0 Å². The molecule has 1 N–H and O–H groups in total. The van der Waals surface area contributed by atoms with Crippen LogP contribution in [0.2, 0.25) is 5.02 Å². The van der Waals surface area contributed by atoms with Gasteiger partial charge in [-0.1, -0.05) is 23.7 Å². The smallest absolute Gasteiger partial charge is 0.195 e. The van der Waals surface area contributed by atoms with Crippen LogP contribution >= 0.6 is 23.8 Å². The first-order chi connectivity index (χ1) is 8.09. The number of H-pyrrole nitrogens is 1. The maximum absolute atomic E-state index is 6.02. The number of nitrogens with zero attached hydrogens (tertiary/aromatic N) is 2. The van der Waals surface area contributed by atoms with Gasteiger partial charge in [-0.05, 0) is 31.3 Å². The zero-order chi connectivity index (χ0) is 12.4. The Kier molecular flexibility index (Phi) is 3.49. The summed E-state index contributed by atoms with van der Waals surface area (Å²) in [4.78, 5) is 0. The molecule has 6 heteroatoms. The summed E-state index contributed by atoms with van der Waals surface area (Å²) in [6, 6.07) is 7.33. The second-order valence-corrected chi connectivity index (χ2v) is 4.43. The summed E-state index contributed by atoms with van der Waals surface area (Å²) in [6.45, 7) is 1.90. The number of rotatable bonds is 3. The lowest BCUT2D eigenvalue weighted by molar-refractivity contribution is 0.212. The maximum atomic E-state index is 6.02. The highest BCUT2D eigenvalue weighted by molar-refractivity contribution is 7.71. The molecule has 4 nitrogen and oxygen atoms in total. The van der Waals surface area contributed by atoms with E-state index in [1.165, 1.54) is 0 Å². The van der Waals surface area contributed by atoms with Gasteiger partial charge in [0.05, 0.1) is 5.02 Å². The number of aromatic amines is 1. The molecule has 0 amide bonds. The van der Waals surface area contributed by atoms with Gasteiger partial charge in [0.2, 0.25) is 0 Å². The molecule has 1 heterocycles. The molecule has 0 saturated heterocycles. The van der Waals surface area contributed by atoms with Gasteiger partial charge >= 0.3 is 0 Å². The van der Waals surface area contributed by atoms with Crippen molar-refractivity contribution in [1.29, 1.82) is 0 Å². The molecule has 0 radical (unpaired) electrons. The fourth-order valence-corrected chi connectivity index (χ4v) is 1.83. The lowest BCUT2D eigenvalue weighted by atomic mass is 10.3. The van der Waals surface area contributed by atoms with Crippen LogP contribution in [-0.2, 0) is 7.05 Å². The molecule has 1 atom stereocenters. The third-order valence-corrected chi connectivity index (χ3v) is 3.10. The molecule has 0 aliphatic carbocycles. The van der Waals surface area contributed by atoms with E-state index in [1.807, 2.05) is 32.2 Å². The van der Waals surface area contributed by atoms with Crippen molar-refractivity contribution in [3.8, 4) is 5.75 Å². The molecule has 0 spiro atoms. The number of ether oxygens (including phenoxy) is 1. The SMILES string of the molecule is C[C@@H](Oc1ccccc1Cl)c1n[nH]c(=S)n1C. The molecule has 2 aromatic rings. The van der Waals surface area contributed by atoms with Crippen LogP contribution in [0.15, 0.2) is 24.3 Å². The third kappa shape index (κ3) is 2.50. The minimum Gasteiger partial charge on any atom is -0.481 e. The van der Waals surface area contributed by atoms with Crippen molar-refractivity contribution in [3.63, 3.8) is 0 Å². The Morgan fingerprint density at radius 1 is 1.47 bits per heavy atom. The average molecular weight is 270 g/mol. The highest BCUT2D eigenvalue weighted by atomic mass is 35.5. The minimum atomic E-state index is -0.229. The van der Waals surface area contributed by atoms with E-state index in [0.717, 1.165) is 5.82 Å². The van der Waals surface area contributed by atoms with Crippen molar-refractivity contribution in [1.82, 2.24) is 14.8 Å². The fourth-order valence-electron chi connectivity index (χ4n) is 1.51. The number of hydrogen-bond donors (Lipinski definition) is 1. The van der Waals surface area contributed by atoms with Crippen LogP contribution in [0.1, 0.15) is 18.9 Å². The second-order valence-electron chi connectivity index (χ2n) is 3.64. The summed E-state index contributed by atoms with van der Waals surface area (Å²) < 4.78 is 8.08. The topological polar surface area (TPSA) is 42.8 Å². The van der Waals surface area contributed by atoms with Crippen molar-refractivity contribution < 1.29 is 4.74 Å². The Hall–Kier alpha value is -1.33. The summed E-state index contributed by atoms with van der Waals surface area (Å²) in [5.74, 6) is 1.37. The second kappa shape index (κ2) is 4.89. The van der Waals surface area contributed by atoms with Gasteiger partial charge in [-0.2, -0.15) is 5.10 Å². The first kappa shape index (κ1) is 12.1. The standard InChI is InChI=1S/C11H12ClN3OS/c1-7(10-13-14-11(17)15(10)2)16-9-6-4-3-5-8(9)12/h3-7H,1-2H3,(H,14,17)/t7-/m1/s1. The predicted octanol–water partition coefficient (Wildman–Crippen LogP) is 3.27. The van der Waals surface area contributed by atoms with Gasteiger partial charge in [0.25, 0.3) is 0 Å². The highest BCUT2D eigenvalue weighted by Crippen LogP contribution is 2.27. The first-order valence-electron chi connectivity index (χ1n) is 5.12. The normalized spacial score (nSPS) is 12.4. The van der Waals surface area contributed by atoms with Crippen LogP contribution in [0, 0.1) is 4.77 Å². The van der Waals surface area contributed by atoms with E-state index in [4.69, 9.17) is 28.6 Å². The maximum Gasteiger partial charge on any atom is 0.195 e. The molecule has 0 unspecified atom stereocenters. The Morgan fingerprint density at radius 3 is 2.76 bits per heavy atom. The van der Waals surface area contributed by atoms with E-state index in [0.29, 0.717) is 15.5 Å². The summed E-state index contributed by atoms with van der Waals surface area (Å²) in [7, 11) is 1.84. The molecular weight excluding hydrogens is 258 g/mol. The van der Waals surface area contributed by atoms with Crippen molar-refractivity contribution in [2.24, 2.45) is 7.05 Å². The minimum absolute atomic E-state index is 0.229. The summed E-state index contributed by atoms with van der Waals surface area (Å²) in [6.07, 6.45) is -0.229. The van der Waals surface area contributed by atoms with E-state index in [1.54, 1.807) is 10.6 Å². The largest absolute Gasteiger partial charge is 0.481 e. The molecule has 1 aromatic heterocycles. The zero-order valence-electron chi connectivity index (χ0n) is 9.48. The number of nitrogens with one attached hydrogen (secondary N) is 1. The number of benzene rings is 1. The molecule has 17 heavy (non-hydrogen) atoms. The quantitative estimate of drug-likeness (QED) is 0.870. The molecule has 90 valence electrons. The molecular formula is C11H12ClN3OS. The number of para-hydroxylation sites is 1. The van der Waals surface area contributed by atoms with E-state index >= 15 is 0 Å². The van der Waals surface area contributed by atoms with Crippen LogP contribution in [-0.4, -0.2) is 14.8 Å². The van der Waals surface area contributed by atoms with Gasteiger partial charge in [0, 0.05) is 7.05 Å². The molecule has 0 saturated carbocycles. The number of aromatic nitrogens is 3. The zero-order valence-corrected chi connectivity index (χ0v) is 11.0. The first-order valence-corrected chi connectivity index (χ1v) is 5.90. The van der Waals surface area contributed by atoms with Gasteiger partial charge in [-0.3, -0.25) is 5.10 Å². The fraction of sp³-hybridized carbons (Fsp3) is 0.273. The van der Waals surface area contributed by atoms with Crippen molar-refractivity contribution >= 4 is 23.8 Å². The van der Waals surface area contributed by atoms with Crippen LogP contribution in [0.5, 0.6) is 5.75 Å². The molecule has 0 bridgehead atoms. The molecule has 0 fully saturated rings. The molecule has 0 aliphatic rings. The van der Waals surface area contributed by atoms with E-state index < -0.39 is 0 Å². The highest BCUT2D eigenvalue weighted by Gasteiger charge is 2.14. The van der Waals surface area contributed by atoms with Crippen molar-refractivity contribution in [2.45, 2.75) is 13.0 Å². The average Bonchev–Trinajstić information content (AvgIpc) is 2.63. The van der Waals surface area contributed by atoms with Gasteiger partial charge in [0.1, 0.15) is 5.75 Å². The van der Waals surface area contributed by atoms with Gasteiger partial charge in [0.15, 0.2) is 16.7 Å². The Balaban J connectivity index is 2.23. The van der Waals surface area contributed by atoms with Gasteiger partial charge in [-0.25, -0.2) is 0 Å². The monoisotopic (exact) mass is 269 g/mol. The molecule has 0 aliphatic heterocycles. The number of halogens is 1. The third-order valence-electron chi connectivity index (χ3n) is 2.42. The van der Waals surface area contributed by atoms with Crippen molar-refractivity contribution in [2.75, 3.05) is 0 Å². The van der Waals surface area contributed by atoms with Crippen molar-refractivity contribution in [3.05, 3.63) is 39.9 Å². The lowest BCUT2D eigenvalue weighted by Crippen LogP contribution is -2.09. The Bertz CT molecular complexity index is 578. The van der Waals surface area contributed by atoms with E-state index in [9.17, 15) is 0 Å². The van der Waals surface area contributed by atoms with Crippen LogP contribution in [0.3, 0.4) is 0 Å². The van der Waals surface area contributed by atoms with Crippen LogP contribution < -0.4 is 4.74 Å². The molecule has 1 aromatic carbocycles. The predicted molar refractivity (Wildman–Crippen MR) is 68.9 cm³/mol.